The van der Waals surface area contributed by atoms with Crippen LogP contribution < -0.4 is 5.14 Å². The minimum atomic E-state index is -3.62. The number of nitrogens with zero attached hydrogens (tertiary/aromatic N) is 1. The largest absolute Gasteiger partial charge is 0.241 e. The molecule has 0 bridgehead atoms. The lowest BCUT2D eigenvalue weighted by atomic mass is 10.2. The molecule has 0 radical (unpaired) electrons. The molecular weight excluding hydrogens is 268 g/mol. The van der Waals surface area contributed by atoms with Crippen LogP contribution in [0.1, 0.15) is 18.4 Å². The van der Waals surface area contributed by atoms with Crippen molar-refractivity contribution in [3.8, 4) is 11.3 Å². The number of primary sulfonamides is 1. The Labute approximate surface area is 111 Å². The third-order valence-corrected chi connectivity index (χ3v) is 4.33. The van der Waals surface area contributed by atoms with Crippen LogP contribution in [-0.2, 0) is 16.4 Å². The maximum atomic E-state index is 11.1. The predicted octanol–water partition coefficient (Wildman–Crippen LogP) is 2.41. The lowest BCUT2D eigenvalue weighted by Gasteiger charge is -2.00. The third-order valence-electron chi connectivity index (χ3n) is 2.49. The van der Waals surface area contributed by atoms with Gasteiger partial charge < -0.3 is 0 Å². The van der Waals surface area contributed by atoms with E-state index in [0.717, 1.165) is 29.1 Å². The lowest BCUT2D eigenvalue weighted by Crippen LogP contribution is -2.11. The second kappa shape index (κ2) is 5.17. The highest BCUT2D eigenvalue weighted by Gasteiger charge is 2.09. The lowest BCUT2D eigenvalue weighted by molar-refractivity contribution is 0.598. The molecule has 1 heterocycles. The monoisotopic (exact) mass is 282 g/mol. The molecule has 0 atom stereocenters. The van der Waals surface area contributed by atoms with Gasteiger partial charge in [0.15, 0.2) is 0 Å². The molecule has 0 spiro atoms. The molecule has 18 heavy (non-hydrogen) atoms. The molecule has 0 aliphatic carbocycles. The summed E-state index contributed by atoms with van der Waals surface area (Å²) in [6.45, 7) is 2.11. The van der Waals surface area contributed by atoms with E-state index >= 15 is 0 Å². The number of sulfonamides is 1. The maximum Gasteiger partial charge on any atom is 0.238 e. The van der Waals surface area contributed by atoms with Crippen molar-refractivity contribution in [3.05, 3.63) is 34.7 Å². The summed E-state index contributed by atoms with van der Waals surface area (Å²) in [5.74, 6) is 0. The van der Waals surface area contributed by atoms with Gasteiger partial charge in [-0.25, -0.2) is 18.5 Å². The van der Waals surface area contributed by atoms with Gasteiger partial charge in [-0.05, 0) is 25.0 Å². The number of hydrogen-bond donors (Lipinski definition) is 1. The molecule has 96 valence electrons. The van der Waals surface area contributed by atoms with Crippen LogP contribution >= 0.6 is 11.3 Å². The number of aromatic nitrogens is 1. The zero-order chi connectivity index (χ0) is 13.2. The molecule has 4 nitrogen and oxygen atoms in total. The standard InChI is InChI=1S/C12H14N2O2S2/c1-2-3-12-14-11(8-17-12)9-4-6-10(7-5-9)18(13,15)16/h4-8H,2-3H2,1H3,(H2,13,15,16). The first-order valence-electron chi connectivity index (χ1n) is 5.58. The number of aryl methyl sites for hydroxylation is 1. The summed E-state index contributed by atoms with van der Waals surface area (Å²) in [6.07, 6.45) is 2.04. The number of rotatable bonds is 4. The summed E-state index contributed by atoms with van der Waals surface area (Å²) in [6, 6.07) is 6.46. The van der Waals surface area contributed by atoms with Gasteiger partial charge in [-0.3, -0.25) is 0 Å². The van der Waals surface area contributed by atoms with Crippen molar-refractivity contribution in [1.29, 1.82) is 0 Å². The van der Waals surface area contributed by atoms with Crippen LogP contribution in [0.25, 0.3) is 11.3 Å². The first kappa shape index (κ1) is 13.2. The van der Waals surface area contributed by atoms with E-state index in [2.05, 4.69) is 11.9 Å². The molecule has 0 saturated heterocycles. The number of benzene rings is 1. The highest BCUT2D eigenvalue weighted by atomic mass is 32.2. The second-order valence-corrected chi connectivity index (χ2v) is 6.45. The predicted molar refractivity (Wildman–Crippen MR) is 72.9 cm³/mol. The van der Waals surface area contributed by atoms with E-state index in [1.54, 1.807) is 23.5 Å². The van der Waals surface area contributed by atoms with Crippen molar-refractivity contribution >= 4 is 21.4 Å². The van der Waals surface area contributed by atoms with Crippen LogP contribution in [0.4, 0.5) is 0 Å². The molecule has 0 saturated carbocycles. The number of thiazole rings is 1. The second-order valence-electron chi connectivity index (χ2n) is 3.95. The molecule has 1 aromatic heterocycles. The van der Waals surface area contributed by atoms with Crippen molar-refractivity contribution in [1.82, 2.24) is 4.98 Å². The van der Waals surface area contributed by atoms with Gasteiger partial charge >= 0.3 is 0 Å². The average Bonchev–Trinajstić information content (AvgIpc) is 2.77. The SMILES string of the molecule is CCCc1nc(-c2ccc(S(N)(=O)=O)cc2)cs1. The van der Waals surface area contributed by atoms with E-state index in [4.69, 9.17) is 5.14 Å². The molecule has 6 heteroatoms. The molecular formula is C12H14N2O2S2. The third kappa shape index (κ3) is 2.95. The van der Waals surface area contributed by atoms with Crippen molar-refractivity contribution < 1.29 is 8.42 Å². The van der Waals surface area contributed by atoms with E-state index in [-0.39, 0.29) is 4.90 Å². The van der Waals surface area contributed by atoms with Gasteiger partial charge in [-0.1, -0.05) is 19.1 Å². The molecule has 0 unspecified atom stereocenters. The van der Waals surface area contributed by atoms with Crippen LogP contribution in [0.2, 0.25) is 0 Å². The zero-order valence-electron chi connectivity index (χ0n) is 9.96. The van der Waals surface area contributed by atoms with Gasteiger partial charge in [0.05, 0.1) is 15.6 Å². The fourth-order valence-corrected chi connectivity index (χ4v) is 3.01. The Morgan fingerprint density at radius 3 is 2.50 bits per heavy atom. The van der Waals surface area contributed by atoms with Crippen molar-refractivity contribution in [3.63, 3.8) is 0 Å². The summed E-state index contributed by atoms with van der Waals surface area (Å²) < 4.78 is 22.3. The molecule has 0 aliphatic rings. The van der Waals surface area contributed by atoms with E-state index in [1.165, 1.54) is 12.1 Å². The van der Waals surface area contributed by atoms with Gasteiger partial charge in [0.25, 0.3) is 0 Å². The Bertz CT molecular complexity index is 630. The Hall–Kier alpha value is -1.24. The Kier molecular flexibility index (Phi) is 3.79. The first-order valence-corrected chi connectivity index (χ1v) is 8.01. The van der Waals surface area contributed by atoms with Crippen LogP contribution in [0, 0.1) is 0 Å². The quantitative estimate of drug-likeness (QED) is 0.936. The highest BCUT2D eigenvalue weighted by Crippen LogP contribution is 2.23. The van der Waals surface area contributed by atoms with Gasteiger partial charge in [0, 0.05) is 10.9 Å². The van der Waals surface area contributed by atoms with E-state index < -0.39 is 10.0 Å². The van der Waals surface area contributed by atoms with Crippen LogP contribution in [-0.4, -0.2) is 13.4 Å². The van der Waals surface area contributed by atoms with E-state index in [1.807, 2.05) is 5.38 Å². The van der Waals surface area contributed by atoms with E-state index in [0.29, 0.717) is 0 Å². The average molecular weight is 282 g/mol. The summed E-state index contributed by atoms with van der Waals surface area (Å²) in [4.78, 5) is 4.62. The molecule has 2 N–H and O–H groups in total. The van der Waals surface area contributed by atoms with Crippen molar-refractivity contribution in [2.75, 3.05) is 0 Å². The Balaban J connectivity index is 2.28. The summed E-state index contributed by atoms with van der Waals surface area (Å²) >= 11 is 1.62. The normalized spacial score (nSPS) is 11.7. The van der Waals surface area contributed by atoms with Crippen molar-refractivity contribution in [2.24, 2.45) is 5.14 Å². The fraction of sp³-hybridized carbons (Fsp3) is 0.250. The number of hydrogen-bond acceptors (Lipinski definition) is 4. The zero-order valence-corrected chi connectivity index (χ0v) is 11.6. The molecule has 2 rings (SSSR count). The van der Waals surface area contributed by atoms with Crippen molar-refractivity contribution in [2.45, 2.75) is 24.7 Å². The first-order chi connectivity index (χ1) is 8.50. The molecule has 1 aromatic carbocycles. The minimum Gasteiger partial charge on any atom is -0.241 e. The fourth-order valence-electron chi connectivity index (χ4n) is 1.59. The highest BCUT2D eigenvalue weighted by molar-refractivity contribution is 7.89. The maximum absolute atomic E-state index is 11.1. The summed E-state index contributed by atoms with van der Waals surface area (Å²) in [7, 11) is -3.62. The Morgan fingerprint density at radius 2 is 1.94 bits per heavy atom. The van der Waals surface area contributed by atoms with Gasteiger partial charge in [-0.2, -0.15) is 0 Å². The Morgan fingerprint density at radius 1 is 1.28 bits per heavy atom. The molecule has 2 aromatic rings. The van der Waals surface area contributed by atoms with Crippen LogP contribution in [0.15, 0.2) is 34.5 Å². The van der Waals surface area contributed by atoms with E-state index in [9.17, 15) is 8.42 Å². The summed E-state index contributed by atoms with van der Waals surface area (Å²) in [5.41, 5.74) is 1.78. The van der Waals surface area contributed by atoms with Crippen LogP contribution in [0.3, 0.4) is 0 Å². The molecule has 0 amide bonds. The molecule has 0 fully saturated rings. The van der Waals surface area contributed by atoms with Crippen LogP contribution in [0.5, 0.6) is 0 Å². The minimum absolute atomic E-state index is 0.121. The number of nitrogens with two attached hydrogens (primary N) is 1. The van der Waals surface area contributed by atoms with Gasteiger partial charge in [0.1, 0.15) is 0 Å². The smallest absolute Gasteiger partial charge is 0.238 e. The topological polar surface area (TPSA) is 73.0 Å². The summed E-state index contributed by atoms with van der Waals surface area (Å²) in [5, 5.41) is 8.13. The van der Waals surface area contributed by atoms with Gasteiger partial charge in [-0.15, -0.1) is 11.3 Å². The van der Waals surface area contributed by atoms with Gasteiger partial charge in [0.2, 0.25) is 10.0 Å². The molecule has 0 aliphatic heterocycles.